The zero-order valence-corrected chi connectivity index (χ0v) is 16.4. The summed E-state index contributed by atoms with van der Waals surface area (Å²) in [4.78, 5) is 24.6. The van der Waals surface area contributed by atoms with E-state index in [2.05, 4.69) is 10.6 Å². The van der Waals surface area contributed by atoms with Crippen LogP contribution in [0.4, 0.5) is 10.7 Å². The minimum atomic E-state index is -0.412. The SMILES string of the molecule is CCOC(=O)c1ccc(NC(=S)Nc2sc(CC)cc2C(=O)OC)cc1. The molecule has 1 heterocycles. The maximum atomic E-state index is 11.9. The molecule has 0 aliphatic carbocycles. The van der Waals surface area contributed by atoms with E-state index in [-0.39, 0.29) is 5.97 Å². The highest BCUT2D eigenvalue weighted by molar-refractivity contribution is 7.80. The number of carbonyl (C=O) groups excluding carboxylic acids is 2. The Morgan fingerprint density at radius 3 is 2.38 bits per heavy atom. The standard InChI is InChI=1S/C18H20N2O4S2/c1-4-13-10-14(17(22)23-3)15(26-13)20-18(25)19-12-8-6-11(7-9-12)16(21)24-5-2/h6-10H,4-5H2,1-3H3,(H2,19,20,25). The van der Waals surface area contributed by atoms with Gasteiger partial charge < -0.3 is 20.1 Å². The molecule has 0 fully saturated rings. The molecule has 2 N–H and O–H groups in total. The number of carbonyl (C=O) groups is 2. The lowest BCUT2D eigenvalue weighted by Crippen LogP contribution is -2.20. The number of hydrogen-bond donors (Lipinski definition) is 2. The van der Waals surface area contributed by atoms with E-state index >= 15 is 0 Å². The van der Waals surface area contributed by atoms with Crippen LogP contribution in [0.1, 0.15) is 39.4 Å². The molecule has 1 aromatic heterocycles. The third kappa shape index (κ3) is 5.03. The predicted molar refractivity (Wildman–Crippen MR) is 107 cm³/mol. The Hall–Kier alpha value is -2.45. The molecule has 0 atom stereocenters. The molecule has 138 valence electrons. The van der Waals surface area contributed by atoms with Crippen molar-refractivity contribution in [2.24, 2.45) is 0 Å². The van der Waals surface area contributed by atoms with E-state index in [0.717, 1.165) is 11.3 Å². The van der Waals surface area contributed by atoms with Crippen molar-refractivity contribution in [1.82, 2.24) is 0 Å². The van der Waals surface area contributed by atoms with E-state index in [1.165, 1.54) is 18.4 Å². The van der Waals surface area contributed by atoms with Gasteiger partial charge in [-0.3, -0.25) is 0 Å². The molecule has 0 bridgehead atoms. The number of thiocarbonyl (C=S) groups is 1. The number of rotatable bonds is 6. The third-order valence-corrected chi connectivity index (χ3v) is 4.82. The zero-order valence-electron chi connectivity index (χ0n) is 14.8. The molecule has 0 spiro atoms. The molecule has 2 rings (SSSR count). The van der Waals surface area contributed by atoms with Crippen LogP contribution in [-0.2, 0) is 15.9 Å². The largest absolute Gasteiger partial charge is 0.465 e. The summed E-state index contributed by atoms with van der Waals surface area (Å²) >= 11 is 6.77. The first kappa shape index (κ1) is 19.9. The maximum absolute atomic E-state index is 11.9. The first-order valence-corrected chi connectivity index (χ1v) is 9.27. The number of ether oxygens (including phenoxy) is 2. The van der Waals surface area contributed by atoms with E-state index in [4.69, 9.17) is 21.7 Å². The summed E-state index contributed by atoms with van der Waals surface area (Å²) in [6.45, 7) is 4.10. The molecule has 0 aliphatic rings. The second-order valence-corrected chi connectivity index (χ2v) is 6.72. The van der Waals surface area contributed by atoms with E-state index in [1.54, 1.807) is 37.3 Å². The van der Waals surface area contributed by atoms with Gasteiger partial charge in [0.05, 0.1) is 24.8 Å². The van der Waals surface area contributed by atoms with Gasteiger partial charge in [-0.1, -0.05) is 6.92 Å². The Morgan fingerprint density at radius 2 is 1.81 bits per heavy atom. The first-order chi connectivity index (χ1) is 12.5. The van der Waals surface area contributed by atoms with Crippen molar-refractivity contribution >= 4 is 51.3 Å². The number of nitrogens with one attached hydrogen (secondary N) is 2. The highest BCUT2D eigenvalue weighted by atomic mass is 32.1. The zero-order chi connectivity index (χ0) is 19.1. The number of methoxy groups -OCH3 is 1. The fourth-order valence-corrected chi connectivity index (χ4v) is 3.41. The normalized spacial score (nSPS) is 10.1. The lowest BCUT2D eigenvalue weighted by Gasteiger charge is -2.11. The summed E-state index contributed by atoms with van der Waals surface area (Å²) in [5.41, 5.74) is 1.63. The van der Waals surface area contributed by atoms with Crippen LogP contribution in [0.3, 0.4) is 0 Å². The van der Waals surface area contributed by atoms with E-state index in [1.807, 2.05) is 6.92 Å². The average Bonchev–Trinajstić information content (AvgIpc) is 3.04. The number of anilines is 2. The molecule has 2 aromatic rings. The Labute approximate surface area is 161 Å². The Balaban J connectivity index is 2.06. The molecule has 1 aromatic carbocycles. The molecular weight excluding hydrogens is 372 g/mol. The summed E-state index contributed by atoms with van der Waals surface area (Å²) in [7, 11) is 1.34. The summed E-state index contributed by atoms with van der Waals surface area (Å²) in [5, 5.41) is 7.03. The number of thiophene rings is 1. The van der Waals surface area contributed by atoms with Gasteiger partial charge in [0.1, 0.15) is 5.00 Å². The van der Waals surface area contributed by atoms with Crippen molar-refractivity contribution in [2.45, 2.75) is 20.3 Å². The second kappa shape index (κ2) is 9.30. The number of benzene rings is 1. The van der Waals surface area contributed by atoms with Crippen molar-refractivity contribution in [3.8, 4) is 0 Å². The molecule has 0 radical (unpaired) electrons. The minimum absolute atomic E-state index is 0.329. The highest BCUT2D eigenvalue weighted by Crippen LogP contribution is 2.29. The molecule has 0 amide bonds. The lowest BCUT2D eigenvalue weighted by molar-refractivity contribution is 0.0525. The smallest absolute Gasteiger partial charge is 0.340 e. The number of aryl methyl sites for hydroxylation is 1. The predicted octanol–water partition coefficient (Wildman–Crippen LogP) is 4.08. The summed E-state index contributed by atoms with van der Waals surface area (Å²) in [6, 6.07) is 8.57. The number of esters is 2. The molecule has 0 aliphatic heterocycles. The molecule has 0 saturated carbocycles. The van der Waals surface area contributed by atoms with Crippen molar-refractivity contribution in [3.63, 3.8) is 0 Å². The van der Waals surface area contributed by atoms with Gasteiger partial charge in [-0.15, -0.1) is 11.3 Å². The third-order valence-electron chi connectivity index (χ3n) is 3.42. The summed E-state index contributed by atoms with van der Waals surface area (Å²) in [5.74, 6) is -0.779. The van der Waals surface area contributed by atoms with Crippen molar-refractivity contribution in [2.75, 3.05) is 24.4 Å². The van der Waals surface area contributed by atoms with Gasteiger partial charge >= 0.3 is 11.9 Å². The summed E-state index contributed by atoms with van der Waals surface area (Å²) in [6.07, 6.45) is 0.811. The monoisotopic (exact) mass is 392 g/mol. The molecule has 6 nitrogen and oxygen atoms in total. The van der Waals surface area contributed by atoms with Crippen LogP contribution >= 0.6 is 23.6 Å². The van der Waals surface area contributed by atoms with Gasteiger partial charge in [-0.25, -0.2) is 9.59 Å². The minimum Gasteiger partial charge on any atom is -0.465 e. The van der Waals surface area contributed by atoms with Gasteiger partial charge in [-0.2, -0.15) is 0 Å². The van der Waals surface area contributed by atoms with Crippen LogP contribution in [0.15, 0.2) is 30.3 Å². The quantitative estimate of drug-likeness (QED) is 0.566. The van der Waals surface area contributed by atoms with Crippen LogP contribution in [0.5, 0.6) is 0 Å². The van der Waals surface area contributed by atoms with Crippen LogP contribution in [0, 0.1) is 0 Å². The molecule has 0 saturated heterocycles. The first-order valence-electron chi connectivity index (χ1n) is 8.04. The Morgan fingerprint density at radius 1 is 1.12 bits per heavy atom. The maximum Gasteiger partial charge on any atom is 0.340 e. The Kier molecular flexibility index (Phi) is 7.11. The fourth-order valence-electron chi connectivity index (χ4n) is 2.14. The van der Waals surface area contributed by atoms with Gasteiger partial charge in [-0.05, 0) is 55.9 Å². The number of hydrogen-bond acceptors (Lipinski definition) is 6. The van der Waals surface area contributed by atoms with E-state index < -0.39 is 5.97 Å². The van der Waals surface area contributed by atoms with Crippen molar-refractivity contribution < 1.29 is 19.1 Å². The second-order valence-electron chi connectivity index (χ2n) is 5.18. The topological polar surface area (TPSA) is 76.7 Å². The molecule has 0 unspecified atom stereocenters. The van der Waals surface area contributed by atoms with Gasteiger partial charge in [0.25, 0.3) is 0 Å². The molecule has 8 heteroatoms. The van der Waals surface area contributed by atoms with Crippen LogP contribution in [-0.4, -0.2) is 30.8 Å². The van der Waals surface area contributed by atoms with Crippen molar-refractivity contribution in [3.05, 3.63) is 46.3 Å². The van der Waals surface area contributed by atoms with Gasteiger partial charge in [0.15, 0.2) is 5.11 Å². The van der Waals surface area contributed by atoms with E-state index in [0.29, 0.717) is 33.5 Å². The Bertz CT molecular complexity index is 800. The molecular formula is C18H20N2O4S2. The lowest BCUT2D eigenvalue weighted by atomic mass is 10.2. The average molecular weight is 393 g/mol. The molecule has 26 heavy (non-hydrogen) atoms. The highest BCUT2D eigenvalue weighted by Gasteiger charge is 2.17. The van der Waals surface area contributed by atoms with Crippen LogP contribution in [0.25, 0.3) is 0 Å². The van der Waals surface area contributed by atoms with Crippen LogP contribution < -0.4 is 10.6 Å². The van der Waals surface area contributed by atoms with Gasteiger partial charge in [0, 0.05) is 10.6 Å². The van der Waals surface area contributed by atoms with Crippen molar-refractivity contribution in [1.29, 1.82) is 0 Å². The van der Waals surface area contributed by atoms with Crippen LogP contribution in [0.2, 0.25) is 0 Å². The van der Waals surface area contributed by atoms with E-state index in [9.17, 15) is 9.59 Å². The van der Waals surface area contributed by atoms with Gasteiger partial charge in [0.2, 0.25) is 0 Å². The fraction of sp³-hybridized carbons (Fsp3) is 0.278. The summed E-state index contributed by atoms with van der Waals surface area (Å²) < 4.78 is 9.76.